The highest BCUT2D eigenvalue weighted by atomic mass is 32.1. The summed E-state index contributed by atoms with van der Waals surface area (Å²) in [5.74, 6) is -0.147. The number of fused-ring (bicyclic) bond motifs is 1. The van der Waals surface area contributed by atoms with Crippen LogP contribution in [-0.4, -0.2) is 21.6 Å². The topological polar surface area (TPSA) is 68.0 Å². The van der Waals surface area contributed by atoms with Crippen LogP contribution in [0, 0.1) is 13.8 Å². The summed E-state index contributed by atoms with van der Waals surface area (Å²) in [7, 11) is 0. The van der Waals surface area contributed by atoms with Crippen molar-refractivity contribution in [2.24, 2.45) is 0 Å². The minimum Gasteiger partial charge on any atom is -0.347 e. The zero-order chi connectivity index (χ0) is 16.8. The fraction of sp³-hybridized carbons (Fsp3) is 0.353. The molecule has 0 unspecified atom stereocenters. The van der Waals surface area contributed by atoms with Gasteiger partial charge in [-0.3, -0.25) is 4.79 Å². The van der Waals surface area contributed by atoms with Gasteiger partial charge < -0.3 is 9.84 Å². The van der Waals surface area contributed by atoms with Crippen molar-refractivity contribution in [3.05, 3.63) is 34.3 Å². The SMILES string of the molecule is Cc1ccc(-c2cc(C(=O)NC(C)(C)C)c3c(C)noc3n2)s1. The molecule has 3 aromatic heterocycles. The van der Waals surface area contributed by atoms with Gasteiger partial charge in [-0.05, 0) is 52.8 Å². The van der Waals surface area contributed by atoms with E-state index in [9.17, 15) is 4.79 Å². The summed E-state index contributed by atoms with van der Waals surface area (Å²) in [5.41, 5.74) is 2.01. The molecule has 0 fully saturated rings. The van der Waals surface area contributed by atoms with Crippen molar-refractivity contribution < 1.29 is 9.32 Å². The van der Waals surface area contributed by atoms with Crippen LogP contribution < -0.4 is 5.32 Å². The number of hydrogen-bond acceptors (Lipinski definition) is 5. The van der Waals surface area contributed by atoms with Gasteiger partial charge in [-0.15, -0.1) is 11.3 Å². The minimum absolute atomic E-state index is 0.147. The van der Waals surface area contributed by atoms with Crippen LogP contribution in [0.4, 0.5) is 0 Å². The average molecular weight is 329 g/mol. The molecule has 1 N–H and O–H groups in total. The van der Waals surface area contributed by atoms with Crippen LogP contribution >= 0.6 is 11.3 Å². The standard InChI is InChI=1S/C17H19N3O2S/c1-9-6-7-13(23-9)12-8-11(15(21)19-17(3,4)5)14-10(2)20-22-16(14)18-12/h6-8H,1-5H3,(H,19,21). The number of aromatic nitrogens is 2. The van der Waals surface area contributed by atoms with Crippen LogP contribution in [-0.2, 0) is 0 Å². The Morgan fingerprint density at radius 2 is 2.00 bits per heavy atom. The van der Waals surface area contributed by atoms with E-state index < -0.39 is 0 Å². The van der Waals surface area contributed by atoms with E-state index >= 15 is 0 Å². The normalized spacial score (nSPS) is 11.9. The smallest absolute Gasteiger partial charge is 0.259 e. The third-order valence-corrected chi connectivity index (χ3v) is 4.37. The molecule has 5 nitrogen and oxygen atoms in total. The Balaban J connectivity index is 2.18. The molecule has 0 aliphatic carbocycles. The van der Waals surface area contributed by atoms with E-state index in [4.69, 9.17) is 4.52 Å². The summed E-state index contributed by atoms with van der Waals surface area (Å²) in [6, 6.07) is 5.86. The van der Waals surface area contributed by atoms with Gasteiger partial charge in [-0.1, -0.05) is 5.16 Å². The molecule has 0 aliphatic rings. The van der Waals surface area contributed by atoms with Gasteiger partial charge in [-0.25, -0.2) is 4.98 Å². The molecular weight excluding hydrogens is 310 g/mol. The van der Waals surface area contributed by atoms with Crippen LogP contribution in [0.15, 0.2) is 22.7 Å². The average Bonchev–Trinajstić information content (AvgIpc) is 3.03. The molecule has 0 radical (unpaired) electrons. The second kappa shape index (κ2) is 5.45. The van der Waals surface area contributed by atoms with E-state index in [-0.39, 0.29) is 11.4 Å². The van der Waals surface area contributed by atoms with Gasteiger partial charge in [0.25, 0.3) is 11.6 Å². The van der Waals surface area contributed by atoms with Crippen molar-refractivity contribution in [1.82, 2.24) is 15.5 Å². The van der Waals surface area contributed by atoms with Crippen LogP contribution in [0.25, 0.3) is 21.7 Å². The summed E-state index contributed by atoms with van der Waals surface area (Å²) >= 11 is 1.63. The number of carbonyl (C=O) groups is 1. The minimum atomic E-state index is -0.322. The van der Waals surface area contributed by atoms with Crippen LogP contribution in [0.2, 0.25) is 0 Å². The van der Waals surface area contributed by atoms with E-state index in [0.717, 1.165) is 10.6 Å². The lowest BCUT2D eigenvalue weighted by atomic mass is 10.0. The Morgan fingerprint density at radius 3 is 2.61 bits per heavy atom. The number of rotatable bonds is 2. The fourth-order valence-corrected chi connectivity index (χ4v) is 3.21. The molecule has 0 bridgehead atoms. The molecule has 1 amide bonds. The lowest BCUT2D eigenvalue weighted by Crippen LogP contribution is -2.40. The summed E-state index contributed by atoms with van der Waals surface area (Å²) in [6.45, 7) is 9.71. The largest absolute Gasteiger partial charge is 0.347 e. The predicted molar refractivity (Wildman–Crippen MR) is 91.8 cm³/mol. The van der Waals surface area contributed by atoms with E-state index in [2.05, 4.69) is 15.5 Å². The van der Waals surface area contributed by atoms with Crippen molar-refractivity contribution in [1.29, 1.82) is 0 Å². The highest BCUT2D eigenvalue weighted by molar-refractivity contribution is 7.15. The predicted octanol–water partition coefficient (Wildman–Crippen LogP) is 4.10. The molecule has 0 saturated carbocycles. The summed E-state index contributed by atoms with van der Waals surface area (Å²) in [4.78, 5) is 19.4. The number of pyridine rings is 1. The van der Waals surface area contributed by atoms with E-state index in [1.54, 1.807) is 11.3 Å². The molecule has 3 heterocycles. The van der Waals surface area contributed by atoms with Crippen molar-refractivity contribution in [2.75, 3.05) is 0 Å². The Labute approximate surface area is 138 Å². The van der Waals surface area contributed by atoms with Crippen molar-refractivity contribution in [2.45, 2.75) is 40.2 Å². The Bertz CT molecular complexity index is 887. The number of carbonyl (C=O) groups excluding carboxylic acids is 1. The first kappa shape index (κ1) is 15.7. The highest BCUT2D eigenvalue weighted by Gasteiger charge is 2.22. The van der Waals surface area contributed by atoms with Gasteiger partial charge in [-0.2, -0.15) is 0 Å². The molecule has 0 aliphatic heterocycles. The van der Waals surface area contributed by atoms with Crippen LogP contribution in [0.3, 0.4) is 0 Å². The first-order valence-corrected chi connectivity index (χ1v) is 8.22. The Morgan fingerprint density at radius 1 is 1.26 bits per heavy atom. The molecule has 0 aromatic carbocycles. The number of aryl methyl sites for hydroxylation is 2. The van der Waals surface area contributed by atoms with Gasteiger partial charge in [0.15, 0.2) is 0 Å². The summed E-state index contributed by atoms with van der Waals surface area (Å²) < 4.78 is 5.30. The number of nitrogens with one attached hydrogen (secondary N) is 1. The third kappa shape index (κ3) is 3.12. The van der Waals surface area contributed by atoms with Crippen molar-refractivity contribution in [3.63, 3.8) is 0 Å². The maximum absolute atomic E-state index is 12.7. The summed E-state index contributed by atoms with van der Waals surface area (Å²) in [5, 5.41) is 7.63. The number of hydrogen-bond donors (Lipinski definition) is 1. The van der Waals surface area contributed by atoms with Crippen molar-refractivity contribution in [3.8, 4) is 10.6 Å². The Hall–Kier alpha value is -2.21. The van der Waals surface area contributed by atoms with E-state index in [1.165, 1.54) is 4.88 Å². The highest BCUT2D eigenvalue weighted by Crippen LogP contribution is 2.31. The molecule has 6 heteroatoms. The van der Waals surface area contributed by atoms with Crippen LogP contribution in [0.1, 0.15) is 41.7 Å². The van der Waals surface area contributed by atoms with Gasteiger partial charge in [0, 0.05) is 10.4 Å². The van der Waals surface area contributed by atoms with Crippen LogP contribution in [0.5, 0.6) is 0 Å². The zero-order valence-electron chi connectivity index (χ0n) is 13.9. The maximum atomic E-state index is 12.7. The second-order valence-electron chi connectivity index (χ2n) is 6.62. The van der Waals surface area contributed by atoms with Gasteiger partial charge in [0.2, 0.25) is 0 Å². The second-order valence-corrected chi connectivity index (χ2v) is 7.91. The number of amides is 1. The lowest BCUT2D eigenvalue weighted by molar-refractivity contribution is 0.0921. The molecule has 0 atom stereocenters. The quantitative estimate of drug-likeness (QED) is 0.768. The molecule has 0 spiro atoms. The number of thiophene rings is 1. The Kier molecular flexibility index (Phi) is 3.72. The zero-order valence-corrected chi connectivity index (χ0v) is 14.7. The molecule has 0 saturated heterocycles. The van der Waals surface area contributed by atoms with Gasteiger partial charge in [0.1, 0.15) is 0 Å². The fourth-order valence-electron chi connectivity index (χ4n) is 2.38. The first-order chi connectivity index (χ1) is 10.7. The monoisotopic (exact) mass is 329 g/mol. The summed E-state index contributed by atoms with van der Waals surface area (Å²) in [6.07, 6.45) is 0. The third-order valence-electron chi connectivity index (χ3n) is 3.34. The number of nitrogens with zero attached hydrogens (tertiary/aromatic N) is 2. The maximum Gasteiger partial charge on any atom is 0.259 e. The molecule has 3 aromatic rings. The lowest BCUT2D eigenvalue weighted by Gasteiger charge is -2.20. The molecular formula is C17H19N3O2S. The molecule has 23 heavy (non-hydrogen) atoms. The van der Waals surface area contributed by atoms with Gasteiger partial charge in [0.05, 0.1) is 27.2 Å². The van der Waals surface area contributed by atoms with Crippen molar-refractivity contribution >= 4 is 28.3 Å². The van der Waals surface area contributed by atoms with Gasteiger partial charge >= 0.3 is 0 Å². The first-order valence-electron chi connectivity index (χ1n) is 7.41. The van der Waals surface area contributed by atoms with E-state index in [1.807, 2.05) is 52.8 Å². The molecule has 3 rings (SSSR count). The van der Waals surface area contributed by atoms with E-state index in [0.29, 0.717) is 22.4 Å². The molecule has 120 valence electrons.